The van der Waals surface area contributed by atoms with Gasteiger partial charge in [-0.25, -0.2) is 0 Å². The van der Waals surface area contributed by atoms with E-state index in [1.54, 1.807) is 19.1 Å². The summed E-state index contributed by atoms with van der Waals surface area (Å²) in [6.07, 6.45) is -2.96. The fourth-order valence-electron chi connectivity index (χ4n) is 3.87. The highest BCUT2D eigenvalue weighted by molar-refractivity contribution is 9.10. The molecule has 0 bridgehead atoms. The van der Waals surface area contributed by atoms with Gasteiger partial charge in [0.05, 0.1) is 22.5 Å². The molecule has 1 aliphatic heterocycles. The predicted molar refractivity (Wildman–Crippen MR) is 129 cm³/mol. The zero-order valence-corrected chi connectivity index (χ0v) is 19.3. The minimum Gasteiger partial charge on any atom is -0.457 e. The Kier molecular flexibility index (Phi) is 5.40. The molecule has 0 N–H and O–H groups in total. The van der Waals surface area contributed by atoms with E-state index in [0.717, 1.165) is 38.0 Å². The van der Waals surface area contributed by atoms with Gasteiger partial charge in [-0.2, -0.15) is 23.3 Å². The fourth-order valence-corrected chi connectivity index (χ4v) is 4.35. The molecule has 0 radical (unpaired) electrons. The fraction of sp³-hybridized carbons (Fsp3) is 0.0769. The minimum absolute atomic E-state index is 0.0454. The number of fused-ring (bicyclic) bond motifs is 1. The second-order valence-corrected chi connectivity index (χ2v) is 8.61. The number of rotatable bonds is 3. The number of carbonyl (C=O) groups is 1. The first-order chi connectivity index (χ1) is 16.2. The number of halogens is 4. The number of alkyl halides is 3. The normalized spacial score (nSPS) is 15.4. The average molecular weight is 525 g/mol. The molecule has 1 amide bonds. The summed E-state index contributed by atoms with van der Waals surface area (Å²) in [5.74, 6) is 0.542. The van der Waals surface area contributed by atoms with Crippen LogP contribution in [0.3, 0.4) is 0 Å². The Bertz CT molecular complexity index is 1500. The third-order valence-electron chi connectivity index (χ3n) is 5.53. The lowest BCUT2D eigenvalue weighted by atomic mass is 10.0. The first kappa shape index (κ1) is 22.2. The lowest BCUT2D eigenvalue weighted by Gasteiger charge is -2.14. The summed E-state index contributed by atoms with van der Waals surface area (Å²) in [5.41, 5.74) is 0.732. The Balaban J connectivity index is 1.47. The number of hydrogen-bond acceptors (Lipinski definition) is 3. The highest BCUT2D eigenvalue weighted by Crippen LogP contribution is 2.36. The Labute approximate surface area is 201 Å². The van der Waals surface area contributed by atoms with Crippen molar-refractivity contribution < 1.29 is 22.4 Å². The molecule has 0 spiro atoms. The largest absolute Gasteiger partial charge is 0.457 e. The van der Waals surface area contributed by atoms with Crippen molar-refractivity contribution in [3.63, 3.8) is 0 Å². The average Bonchev–Trinajstić information content (AvgIpc) is 3.39. The van der Waals surface area contributed by atoms with Crippen molar-refractivity contribution in [2.24, 2.45) is 5.10 Å². The van der Waals surface area contributed by atoms with Crippen molar-refractivity contribution in [1.82, 2.24) is 0 Å². The van der Waals surface area contributed by atoms with Crippen LogP contribution in [0.4, 0.5) is 18.9 Å². The van der Waals surface area contributed by atoms with Gasteiger partial charge in [-0.15, -0.1) is 0 Å². The molecule has 0 saturated carbocycles. The number of carbonyl (C=O) groups excluding carboxylic acids is 1. The van der Waals surface area contributed by atoms with Crippen LogP contribution in [0.5, 0.6) is 0 Å². The lowest BCUT2D eigenvalue weighted by Crippen LogP contribution is -2.21. The van der Waals surface area contributed by atoms with Crippen LogP contribution in [0.15, 0.2) is 92.4 Å². The molecule has 0 fully saturated rings. The van der Waals surface area contributed by atoms with Crippen LogP contribution in [0, 0.1) is 0 Å². The van der Waals surface area contributed by atoms with Crippen molar-refractivity contribution in [2.45, 2.75) is 13.1 Å². The smallest absolute Gasteiger partial charge is 0.416 e. The summed E-state index contributed by atoms with van der Waals surface area (Å²) < 4.78 is 46.3. The van der Waals surface area contributed by atoms with Gasteiger partial charge in [0.2, 0.25) is 0 Å². The van der Waals surface area contributed by atoms with Crippen LogP contribution < -0.4 is 5.01 Å². The van der Waals surface area contributed by atoms with E-state index in [-0.39, 0.29) is 11.3 Å². The number of benzene rings is 3. The molecule has 0 unspecified atom stereocenters. The first-order valence-electron chi connectivity index (χ1n) is 10.3. The molecule has 1 aromatic heterocycles. The van der Waals surface area contributed by atoms with E-state index in [9.17, 15) is 18.0 Å². The molecule has 4 nitrogen and oxygen atoms in total. The van der Waals surface area contributed by atoms with Crippen LogP contribution in [0.2, 0.25) is 0 Å². The highest BCUT2D eigenvalue weighted by Gasteiger charge is 2.33. The summed E-state index contributed by atoms with van der Waals surface area (Å²) in [6.45, 7) is 1.63. The van der Waals surface area contributed by atoms with Gasteiger partial charge in [0, 0.05) is 10.0 Å². The zero-order valence-electron chi connectivity index (χ0n) is 17.7. The number of anilines is 1. The molecular formula is C26H16BrF3N2O2. The molecule has 170 valence electrons. The molecule has 34 heavy (non-hydrogen) atoms. The van der Waals surface area contributed by atoms with E-state index in [1.807, 2.05) is 42.5 Å². The third kappa shape index (κ3) is 3.94. The van der Waals surface area contributed by atoms with E-state index in [2.05, 4.69) is 21.0 Å². The summed E-state index contributed by atoms with van der Waals surface area (Å²) in [6, 6.07) is 19.9. The summed E-state index contributed by atoms with van der Waals surface area (Å²) in [5, 5.41) is 7.20. The highest BCUT2D eigenvalue weighted by atomic mass is 79.9. The van der Waals surface area contributed by atoms with Gasteiger partial charge in [0.25, 0.3) is 5.91 Å². The van der Waals surface area contributed by atoms with E-state index < -0.39 is 17.6 Å². The summed E-state index contributed by atoms with van der Waals surface area (Å²) in [7, 11) is 0. The van der Waals surface area contributed by atoms with Crippen molar-refractivity contribution in [3.8, 4) is 11.3 Å². The van der Waals surface area contributed by atoms with E-state index in [0.29, 0.717) is 17.2 Å². The second kappa shape index (κ2) is 8.29. The number of amides is 1. The molecule has 2 heterocycles. The molecule has 3 aromatic carbocycles. The lowest BCUT2D eigenvalue weighted by molar-refractivity contribution is -0.137. The Morgan fingerprint density at radius 3 is 2.50 bits per heavy atom. The maximum atomic E-state index is 13.1. The van der Waals surface area contributed by atoms with Gasteiger partial charge in [-0.1, -0.05) is 46.3 Å². The third-order valence-corrected chi connectivity index (χ3v) is 6.22. The number of nitrogens with zero attached hydrogens (tertiary/aromatic N) is 2. The minimum atomic E-state index is -4.52. The van der Waals surface area contributed by atoms with Gasteiger partial charge in [0.1, 0.15) is 11.5 Å². The Morgan fingerprint density at radius 2 is 1.74 bits per heavy atom. The van der Waals surface area contributed by atoms with Crippen molar-refractivity contribution in [3.05, 3.63) is 94.2 Å². The molecule has 0 saturated heterocycles. The topological polar surface area (TPSA) is 45.8 Å². The quantitative estimate of drug-likeness (QED) is 0.258. The van der Waals surface area contributed by atoms with Crippen molar-refractivity contribution >= 4 is 50.1 Å². The molecule has 1 aliphatic rings. The van der Waals surface area contributed by atoms with Crippen LogP contribution in [0.25, 0.3) is 28.2 Å². The Morgan fingerprint density at radius 1 is 0.971 bits per heavy atom. The molecule has 4 aromatic rings. The van der Waals surface area contributed by atoms with E-state index in [1.165, 1.54) is 12.1 Å². The van der Waals surface area contributed by atoms with E-state index in [4.69, 9.17) is 4.42 Å². The van der Waals surface area contributed by atoms with Crippen LogP contribution in [0.1, 0.15) is 18.2 Å². The predicted octanol–water partition coefficient (Wildman–Crippen LogP) is 7.69. The zero-order chi connectivity index (χ0) is 24.0. The first-order valence-corrected chi connectivity index (χ1v) is 11.1. The van der Waals surface area contributed by atoms with Gasteiger partial charge in [-0.05, 0) is 66.2 Å². The van der Waals surface area contributed by atoms with Crippen LogP contribution in [-0.4, -0.2) is 11.6 Å². The SMILES string of the molecule is CC1=NN(c2cccc(C(F)(F)F)c2)C(=O)/C1=C/c1ccc(-c2ccc(Br)c3ccccc23)o1. The molecule has 8 heteroatoms. The van der Waals surface area contributed by atoms with E-state index >= 15 is 0 Å². The van der Waals surface area contributed by atoms with Gasteiger partial charge >= 0.3 is 6.18 Å². The van der Waals surface area contributed by atoms with Crippen molar-refractivity contribution in [1.29, 1.82) is 0 Å². The molecular weight excluding hydrogens is 509 g/mol. The van der Waals surface area contributed by atoms with Gasteiger partial charge in [0.15, 0.2) is 0 Å². The summed E-state index contributed by atoms with van der Waals surface area (Å²) in [4.78, 5) is 13.0. The maximum absolute atomic E-state index is 13.1. The van der Waals surface area contributed by atoms with Crippen LogP contribution in [-0.2, 0) is 11.0 Å². The standard InChI is InChI=1S/C26H16BrF3N2O2/c1-15-22(25(33)32(31-15)17-6-4-5-16(13-17)26(28,29)30)14-18-9-12-24(34-18)21-10-11-23(27)20-8-3-2-7-19(20)21/h2-14H,1H3/b22-14+. The second-order valence-electron chi connectivity index (χ2n) is 7.75. The molecule has 5 rings (SSSR count). The van der Waals surface area contributed by atoms with Gasteiger partial charge < -0.3 is 4.42 Å². The maximum Gasteiger partial charge on any atom is 0.416 e. The number of hydrogen-bond donors (Lipinski definition) is 0. The number of hydrazone groups is 1. The van der Waals surface area contributed by atoms with Crippen molar-refractivity contribution in [2.75, 3.05) is 5.01 Å². The van der Waals surface area contributed by atoms with Gasteiger partial charge in [-0.3, -0.25) is 4.79 Å². The number of furan rings is 1. The monoisotopic (exact) mass is 524 g/mol. The molecule has 0 atom stereocenters. The Hall–Kier alpha value is -3.65. The molecule has 0 aliphatic carbocycles. The summed E-state index contributed by atoms with van der Waals surface area (Å²) >= 11 is 3.56. The van der Waals surface area contributed by atoms with Crippen LogP contribution >= 0.6 is 15.9 Å².